The van der Waals surface area contributed by atoms with Crippen molar-refractivity contribution in [1.29, 1.82) is 0 Å². The van der Waals surface area contributed by atoms with Crippen LogP contribution in [0.25, 0.3) is 0 Å². The Labute approximate surface area is 108 Å². The van der Waals surface area contributed by atoms with E-state index in [1.54, 1.807) is 0 Å². The average Bonchev–Trinajstić information content (AvgIpc) is 3.32. The molecule has 3 rings (SSSR count). The van der Waals surface area contributed by atoms with Crippen molar-refractivity contribution in [2.45, 2.75) is 12.2 Å². The minimum atomic E-state index is -0.625. The number of carbonyl (C=O) groups excluding carboxylic acids is 2. The molecular formula is C12H12O7. The first-order chi connectivity index (χ1) is 9.22. The van der Waals surface area contributed by atoms with Crippen LogP contribution in [0, 0.1) is 0 Å². The van der Waals surface area contributed by atoms with E-state index >= 15 is 0 Å². The van der Waals surface area contributed by atoms with Gasteiger partial charge in [-0.15, -0.1) is 0 Å². The molecule has 0 saturated carbocycles. The summed E-state index contributed by atoms with van der Waals surface area (Å²) in [6, 6.07) is 2.75. The van der Waals surface area contributed by atoms with E-state index in [0.717, 1.165) is 0 Å². The zero-order chi connectivity index (χ0) is 13.2. The van der Waals surface area contributed by atoms with Gasteiger partial charge in [-0.2, -0.15) is 0 Å². The van der Waals surface area contributed by atoms with E-state index in [1.807, 2.05) is 0 Å². The van der Waals surface area contributed by atoms with Crippen molar-refractivity contribution in [3.05, 3.63) is 23.7 Å². The quantitative estimate of drug-likeness (QED) is 0.544. The molecule has 2 saturated heterocycles. The molecule has 2 aliphatic rings. The van der Waals surface area contributed by atoms with Gasteiger partial charge in [0.1, 0.15) is 25.4 Å². The summed E-state index contributed by atoms with van der Waals surface area (Å²) >= 11 is 0. The summed E-state index contributed by atoms with van der Waals surface area (Å²) in [7, 11) is 0. The van der Waals surface area contributed by atoms with E-state index in [-0.39, 0.29) is 36.9 Å². The molecule has 2 aliphatic heterocycles. The van der Waals surface area contributed by atoms with E-state index in [0.29, 0.717) is 13.2 Å². The Kier molecular flexibility index (Phi) is 3.22. The smallest absolute Gasteiger partial charge is 0.374 e. The summed E-state index contributed by atoms with van der Waals surface area (Å²) < 4.78 is 24.7. The molecule has 7 nitrogen and oxygen atoms in total. The summed E-state index contributed by atoms with van der Waals surface area (Å²) in [6.45, 7) is 1.59. The number of furan rings is 1. The van der Waals surface area contributed by atoms with Crippen molar-refractivity contribution in [3.8, 4) is 0 Å². The molecule has 2 unspecified atom stereocenters. The minimum Gasteiger partial charge on any atom is -0.457 e. The standard InChI is InChI=1S/C12H12O7/c13-11(17-5-7-3-15-7)9-1-2-10(19-9)12(14)18-6-8-4-16-8/h1-2,7-8H,3-6H2. The first-order valence-electron chi connectivity index (χ1n) is 5.89. The molecule has 0 N–H and O–H groups in total. The van der Waals surface area contributed by atoms with Crippen LogP contribution in [0.15, 0.2) is 16.5 Å². The van der Waals surface area contributed by atoms with Crippen LogP contribution in [0.4, 0.5) is 0 Å². The van der Waals surface area contributed by atoms with E-state index < -0.39 is 11.9 Å². The predicted molar refractivity (Wildman–Crippen MR) is 58.8 cm³/mol. The summed E-state index contributed by atoms with van der Waals surface area (Å²) in [4.78, 5) is 23.1. The molecule has 0 bridgehead atoms. The predicted octanol–water partition coefficient (Wildman–Crippen LogP) is 0.391. The van der Waals surface area contributed by atoms with Gasteiger partial charge in [-0.3, -0.25) is 0 Å². The van der Waals surface area contributed by atoms with Gasteiger partial charge in [-0.25, -0.2) is 9.59 Å². The second-order valence-electron chi connectivity index (χ2n) is 4.27. The Balaban J connectivity index is 1.51. The second-order valence-corrected chi connectivity index (χ2v) is 4.27. The molecule has 7 heteroatoms. The van der Waals surface area contributed by atoms with Crippen molar-refractivity contribution >= 4 is 11.9 Å². The third kappa shape index (κ3) is 3.33. The first-order valence-corrected chi connectivity index (χ1v) is 5.89. The normalized spacial score (nSPS) is 23.8. The zero-order valence-electron chi connectivity index (χ0n) is 10.00. The second kappa shape index (κ2) is 5.02. The molecule has 1 aromatic rings. The summed E-state index contributed by atoms with van der Waals surface area (Å²) in [5.74, 6) is -1.31. The molecule has 0 amide bonds. The lowest BCUT2D eigenvalue weighted by molar-refractivity contribution is 0.0405. The van der Waals surface area contributed by atoms with E-state index in [4.69, 9.17) is 23.4 Å². The van der Waals surface area contributed by atoms with Gasteiger partial charge in [-0.05, 0) is 12.1 Å². The summed E-state index contributed by atoms with van der Waals surface area (Å²) in [5, 5.41) is 0. The van der Waals surface area contributed by atoms with Crippen LogP contribution < -0.4 is 0 Å². The van der Waals surface area contributed by atoms with Gasteiger partial charge in [0.15, 0.2) is 0 Å². The fourth-order valence-corrected chi connectivity index (χ4v) is 1.37. The van der Waals surface area contributed by atoms with E-state index in [2.05, 4.69) is 0 Å². The number of epoxide rings is 2. The zero-order valence-corrected chi connectivity index (χ0v) is 10.00. The van der Waals surface area contributed by atoms with Gasteiger partial charge in [0.25, 0.3) is 0 Å². The van der Waals surface area contributed by atoms with E-state index in [1.165, 1.54) is 12.1 Å². The lowest BCUT2D eigenvalue weighted by Crippen LogP contribution is -2.10. The molecule has 2 atom stereocenters. The van der Waals surface area contributed by atoms with Gasteiger partial charge >= 0.3 is 11.9 Å². The molecular weight excluding hydrogens is 256 g/mol. The Bertz CT molecular complexity index is 442. The molecule has 0 aromatic carbocycles. The third-order valence-corrected chi connectivity index (χ3v) is 2.61. The monoisotopic (exact) mass is 268 g/mol. The molecule has 3 heterocycles. The number of hydrogen-bond acceptors (Lipinski definition) is 7. The van der Waals surface area contributed by atoms with Crippen molar-refractivity contribution in [2.24, 2.45) is 0 Å². The average molecular weight is 268 g/mol. The Morgan fingerprint density at radius 1 is 1.00 bits per heavy atom. The number of ether oxygens (including phenoxy) is 4. The van der Waals surface area contributed by atoms with Crippen LogP contribution in [0.5, 0.6) is 0 Å². The van der Waals surface area contributed by atoms with Gasteiger partial charge in [0.05, 0.1) is 13.2 Å². The molecule has 102 valence electrons. The highest BCUT2D eigenvalue weighted by molar-refractivity contribution is 5.90. The molecule has 0 aliphatic carbocycles. The van der Waals surface area contributed by atoms with Crippen LogP contribution in [-0.4, -0.2) is 50.6 Å². The van der Waals surface area contributed by atoms with Crippen LogP contribution in [0.2, 0.25) is 0 Å². The van der Waals surface area contributed by atoms with Gasteiger partial charge in [0, 0.05) is 0 Å². The van der Waals surface area contributed by atoms with Crippen molar-refractivity contribution < 1.29 is 33.0 Å². The Morgan fingerprint density at radius 2 is 1.42 bits per heavy atom. The van der Waals surface area contributed by atoms with Gasteiger partial charge in [0.2, 0.25) is 11.5 Å². The number of carbonyl (C=O) groups is 2. The molecule has 0 spiro atoms. The van der Waals surface area contributed by atoms with Crippen LogP contribution in [0.1, 0.15) is 21.1 Å². The largest absolute Gasteiger partial charge is 0.457 e. The lowest BCUT2D eigenvalue weighted by atomic mass is 10.4. The molecule has 1 aromatic heterocycles. The highest BCUT2D eigenvalue weighted by Crippen LogP contribution is 2.15. The number of rotatable bonds is 6. The summed E-state index contributed by atoms with van der Waals surface area (Å²) in [6.07, 6.45) is -0.0243. The lowest BCUT2D eigenvalue weighted by Gasteiger charge is -2.00. The van der Waals surface area contributed by atoms with E-state index in [9.17, 15) is 9.59 Å². The maximum absolute atomic E-state index is 11.5. The number of esters is 2. The SMILES string of the molecule is O=C(OCC1CO1)c1ccc(C(=O)OCC2CO2)o1. The molecule has 2 fully saturated rings. The topological polar surface area (TPSA) is 90.8 Å². The third-order valence-electron chi connectivity index (χ3n) is 2.61. The first kappa shape index (κ1) is 12.2. The van der Waals surface area contributed by atoms with Crippen LogP contribution >= 0.6 is 0 Å². The van der Waals surface area contributed by atoms with Crippen LogP contribution in [0.3, 0.4) is 0 Å². The fourth-order valence-electron chi connectivity index (χ4n) is 1.37. The minimum absolute atomic E-state index is 0.0121. The van der Waals surface area contributed by atoms with Crippen molar-refractivity contribution in [3.63, 3.8) is 0 Å². The Morgan fingerprint density at radius 3 is 1.79 bits per heavy atom. The van der Waals surface area contributed by atoms with Gasteiger partial charge < -0.3 is 23.4 Å². The summed E-state index contributed by atoms with van der Waals surface area (Å²) in [5.41, 5.74) is 0. The Hall–Kier alpha value is -1.86. The molecule has 19 heavy (non-hydrogen) atoms. The number of hydrogen-bond donors (Lipinski definition) is 0. The van der Waals surface area contributed by atoms with Gasteiger partial charge in [-0.1, -0.05) is 0 Å². The van der Waals surface area contributed by atoms with Crippen molar-refractivity contribution in [1.82, 2.24) is 0 Å². The van der Waals surface area contributed by atoms with Crippen LogP contribution in [-0.2, 0) is 18.9 Å². The van der Waals surface area contributed by atoms with Crippen molar-refractivity contribution in [2.75, 3.05) is 26.4 Å². The highest BCUT2D eigenvalue weighted by Gasteiger charge is 2.27. The maximum atomic E-state index is 11.5. The maximum Gasteiger partial charge on any atom is 0.374 e. The molecule has 0 radical (unpaired) electrons. The highest BCUT2D eigenvalue weighted by atomic mass is 16.6. The fraction of sp³-hybridized carbons (Fsp3) is 0.500.